The highest BCUT2D eigenvalue weighted by Crippen LogP contribution is 2.60. The molecule has 0 spiro atoms. The summed E-state index contributed by atoms with van der Waals surface area (Å²) in [7, 11) is 1.46. The topological polar surface area (TPSA) is 382 Å². The number of aromatic nitrogens is 6. The molecule has 3 fully saturated rings. The number of carbonyl (C=O) groups excluding carboxylic acids is 7. The van der Waals surface area contributed by atoms with Crippen molar-refractivity contribution in [1.82, 2.24) is 49.9 Å². The number of H-pyrrole nitrogens is 1. The van der Waals surface area contributed by atoms with Crippen LogP contribution in [0.15, 0.2) is 90.4 Å². The molecule has 7 amide bonds. The van der Waals surface area contributed by atoms with E-state index >= 15 is 0 Å². The largest absolute Gasteiger partial charge is 0.474 e. The Kier molecular flexibility index (Phi) is 21.6. The summed E-state index contributed by atoms with van der Waals surface area (Å²) >= 11 is 8.42. The SMILES string of the molecule is CC(C)[C@H](NC(=O)CCCCCN1C(=O)C=CC1=O)C(=O)N[C@@H](C)C(=O)Nc1ccc(COC(=O)N(C)Cc2ccccc2C(=O)Nc2nc3c(ncn3[C@@H]3O[C@@H]4CO[P@@](=O)(S)O[C@H]5C[C@H](Oc6ccncn6)C[C@@H]5CO[P@@](=O)(S)O[C@@H]3[C@@H]4O)c(=O)[nH]2)cc1. The predicted octanol–water partition coefficient (Wildman–Crippen LogP) is 5.01. The van der Waals surface area contributed by atoms with Crippen molar-refractivity contribution in [1.29, 1.82) is 0 Å². The van der Waals surface area contributed by atoms with Crippen LogP contribution in [0.4, 0.5) is 16.4 Å². The fourth-order valence-electron chi connectivity index (χ4n) is 10.2. The van der Waals surface area contributed by atoms with Crippen molar-refractivity contribution in [3.05, 3.63) is 113 Å². The van der Waals surface area contributed by atoms with Crippen molar-refractivity contribution in [2.45, 2.75) is 121 Å². The minimum atomic E-state index is -4.38. The Hall–Kier alpha value is -7.38. The van der Waals surface area contributed by atoms with E-state index < -0.39 is 104 Å². The fourth-order valence-corrected chi connectivity index (χ4v) is 13.2. The first-order valence-corrected chi connectivity index (χ1v) is 33.6. The van der Waals surface area contributed by atoms with Crippen molar-refractivity contribution >= 4 is 102 Å². The number of carbonyl (C=O) groups is 7. The number of anilines is 2. The van der Waals surface area contributed by atoms with Gasteiger partial charge < -0.3 is 44.7 Å². The first-order chi connectivity index (χ1) is 42.4. The Morgan fingerprint density at radius 1 is 0.865 bits per heavy atom. The van der Waals surface area contributed by atoms with Gasteiger partial charge in [0.1, 0.15) is 49.4 Å². The summed E-state index contributed by atoms with van der Waals surface area (Å²) in [5, 5.41) is 22.3. The number of ether oxygens (including phenoxy) is 3. The lowest BCUT2D eigenvalue weighted by Crippen LogP contribution is -2.53. The zero-order chi connectivity index (χ0) is 63.7. The molecule has 5 aromatic rings. The molecule has 11 atom stereocenters. The van der Waals surface area contributed by atoms with Crippen LogP contribution in [-0.4, -0.2) is 155 Å². The van der Waals surface area contributed by atoms with Gasteiger partial charge in [0, 0.05) is 74.6 Å². The Labute approximate surface area is 519 Å². The summed E-state index contributed by atoms with van der Waals surface area (Å²) < 4.78 is 69.7. The number of fused-ring (bicyclic) bond motifs is 4. The van der Waals surface area contributed by atoms with E-state index in [2.05, 4.69) is 70.7 Å². The van der Waals surface area contributed by atoms with Crippen LogP contribution in [-0.2, 0) is 73.8 Å². The van der Waals surface area contributed by atoms with E-state index in [4.69, 9.17) is 32.3 Å². The molecule has 6 heterocycles. The highest BCUT2D eigenvalue weighted by molar-refractivity contribution is 8.44. The Morgan fingerprint density at radius 3 is 2.33 bits per heavy atom. The average Bonchev–Trinajstić information content (AvgIpc) is 1.99. The van der Waals surface area contributed by atoms with Gasteiger partial charge >= 0.3 is 19.7 Å². The monoisotopic (exact) mass is 1310 g/mol. The number of aliphatic hydroxyl groups excluding tert-OH is 1. The number of amides is 7. The first-order valence-electron chi connectivity index (χ1n) is 28.3. The van der Waals surface area contributed by atoms with E-state index in [1.165, 1.54) is 54.2 Å². The van der Waals surface area contributed by atoms with E-state index in [1.54, 1.807) is 62.4 Å². The molecule has 6 N–H and O–H groups in total. The summed E-state index contributed by atoms with van der Waals surface area (Å²) in [6, 6.07) is 12.4. The molecule has 1 aliphatic carbocycles. The number of hydrogen-bond donors (Lipinski definition) is 8. The number of benzene rings is 2. The van der Waals surface area contributed by atoms with E-state index in [1.807, 2.05) is 0 Å². The van der Waals surface area contributed by atoms with Gasteiger partial charge in [-0.2, -0.15) is 4.98 Å². The second kappa shape index (κ2) is 29.1. The van der Waals surface area contributed by atoms with Gasteiger partial charge in [-0.1, -0.05) is 75.1 Å². The second-order valence-corrected chi connectivity index (χ2v) is 27.5. The second-order valence-electron chi connectivity index (χ2n) is 21.8. The zero-order valence-electron chi connectivity index (χ0n) is 48.4. The van der Waals surface area contributed by atoms with Crippen LogP contribution in [0.1, 0.15) is 87.0 Å². The van der Waals surface area contributed by atoms with E-state index in [0.717, 1.165) is 11.2 Å². The molecule has 0 radical (unpaired) electrons. The molecule has 476 valence electrons. The molecule has 2 aromatic carbocycles. The maximum Gasteiger partial charge on any atom is 0.410 e. The zero-order valence-corrected chi connectivity index (χ0v) is 52.0. The van der Waals surface area contributed by atoms with Crippen LogP contribution in [0.2, 0.25) is 0 Å². The molecular weight excluding hydrogens is 1240 g/mol. The third-order valence-electron chi connectivity index (χ3n) is 14.8. The highest BCUT2D eigenvalue weighted by atomic mass is 32.7. The van der Waals surface area contributed by atoms with Crippen LogP contribution in [0.3, 0.4) is 0 Å². The fraction of sp³-hybridized carbons (Fsp3) is 0.455. The highest BCUT2D eigenvalue weighted by Gasteiger charge is 2.51. The molecule has 4 aliphatic rings. The molecular formula is C55H66N12O18P2S2. The Balaban J connectivity index is 0.764. The molecule has 34 heteroatoms. The first kappa shape index (κ1) is 66.0. The van der Waals surface area contributed by atoms with E-state index in [9.17, 15) is 52.6 Å². The average molecular weight is 1310 g/mol. The number of aromatic amines is 1. The lowest BCUT2D eigenvalue weighted by Gasteiger charge is -2.26. The lowest BCUT2D eigenvalue weighted by atomic mass is 10.0. The minimum absolute atomic E-state index is 0.0900. The number of unbranched alkanes of at least 4 members (excludes halogenated alkanes) is 2. The van der Waals surface area contributed by atoms with Crippen LogP contribution in [0.5, 0.6) is 5.88 Å². The number of imidazole rings is 1. The van der Waals surface area contributed by atoms with Gasteiger partial charge in [-0.15, -0.1) is 0 Å². The number of nitrogens with one attached hydrogen (secondary N) is 5. The maximum atomic E-state index is 14.0. The quantitative estimate of drug-likeness (QED) is 0.0207. The molecule has 2 bridgehead atoms. The van der Waals surface area contributed by atoms with Gasteiger partial charge in [0.15, 0.2) is 17.4 Å². The smallest absolute Gasteiger partial charge is 0.410 e. The van der Waals surface area contributed by atoms with Crippen molar-refractivity contribution in [3.63, 3.8) is 0 Å². The minimum Gasteiger partial charge on any atom is -0.474 e. The molecule has 2 saturated heterocycles. The lowest BCUT2D eigenvalue weighted by molar-refractivity contribution is -0.137. The Morgan fingerprint density at radius 2 is 1.60 bits per heavy atom. The van der Waals surface area contributed by atoms with Gasteiger partial charge in [-0.25, -0.2) is 28.9 Å². The number of rotatable bonds is 21. The molecule has 89 heavy (non-hydrogen) atoms. The number of hydrogen-bond acceptors (Lipinski definition) is 22. The summed E-state index contributed by atoms with van der Waals surface area (Å²) in [4.78, 5) is 125. The summed E-state index contributed by atoms with van der Waals surface area (Å²) in [5.74, 6) is -3.85. The summed E-state index contributed by atoms with van der Waals surface area (Å²) in [6.07, 6.45) is 0.524. The van der Waals surface area contributed by atoms with Crippen molar-refractivity contribution < 1.29 is 80.1 Å². The molecule has 1 saturated carbocycles. The maximum absolute atomic E-state index is 14.0. The third-order valence-corrected chi connectivity index (χ3v) is 18.1. The molecule has 9 rings (SSSR count). The standard InChI is InChI=1S/C55H66N12O18P2S2/c1-30(2)44(61-40(68)12-6-5-9-21-66-42(69)17-18-43(66)70)51(74)59-31(3)49(72)60-35-15-13-32(14-16-35)25-79-55(76)65(4)24-33-10-7-8-11-37(33)50(73)63-54-62-48-45(52(75)64-54)58-29-67(48)53-47-46(71)39(83-53)27-81-86(77,88)84-38-23-36(82-41-19-20-56-28-57-41)22-34(38)26-80-87(78,89)85-47/h7-8,10-11,13-20,28-31,34,36,38-39,44,46-47,53,71H,5-6,9,12,21-27H2,1-4H3,(H,59,74)(H,60,72)(H,61,68)(H,77,88)(H,78,89)(H2,62,63,64,73,75)/t31-,34+,36+,38-,39+,44-,46+,47+,53+,86+,87+/m0/s1. The molecule has 0 unspecified atom stereocenters. The van der Waals surface area contributed by atoms with E-state index in [-0.39, 0.29) is 97.8 Å². The van der Waals surface area contributed by atoms with Gasteiger partial charge in [-0.05, 0) is 61.4 Å². The van der Waals surface area contributed by atoms with Crippen molar-refractivity contribution in [2.75, 3.05) is 37.4 Å². The number of thiol groups is 2. The van der Waals surface area contributed by atoms with Crippen molar-refractivity contribution in [2.24, 2.45) is 11.8 Å². The number of imide groups is 1. The summed E-state index contributed by atoms with van der Waals surface area (Å²) in [6.45, 7) is -4.44. The summed E-state index contributed by atoms with van der Waals surface area (Å²) in [5.41, 5.74) is 0.199. The number of nitrogens with zero attached hydrogens (tertiary/aromatic N) is 7. The van der Waals surface area contributed by atoms with Gasteiger partial charge in [0.2, 0.25) is 29.5 Å². The van der Waals surface area contributed by atoms with Gasteiger partial charge in [0.05, 0.1) is 25.6 Å². The van der Waals surface area contributed by atoms with Gasteiger partial charge in [0.25, 0.3) is 23.3 Å². The van der Waals surface area contributed by atoms with E-state index in [0.29, 0.717) is 36.1 Å². The molecule has 30 nitrogen and oxygen atoms in total. The third kappa shape index (κ3) is 17.1. The van der Waals surface area contributed by atoms with Gasteiger partial charge in [-0.3, -0.25) is 66.9 Å². The van der Waals surface area contributed by atoms with Crippen LogP contribution in [0, 0.1) is 11.8 Å². The number of aliphatic hydroxyl groups is 1. The molecule has 3 aromatic heterocycles. The van der Waals surface area contributed by atoms with Crippen LogP contribution in [0.25, 0.3) is 11.2 Å². The predicted molar refractivity (Wildman–Crippen MR) is 322 cm³/mol. The van der Waals surface area contributed by atoms with Crippen LogP contribution < -0.4 is 31.6 Å². The molecule has 3 aliphatic heterocycles. The Bertz CT molecular complexity index is 3620. The van der Waals surface area contributed by atoms with Crippen molar-refractivity contribution in [3.8, 4) is 5.88 Å². The normalized spacial score (nSPS) is 25.0. The van der Waals surface area contributed by atoms with Crippen LogP contribution >= 0.6 is 38.1 Å².